The molecule has 0 spiro atoms. The highest BCUT2D eigenvalue weighted by molar-refractivity contribution is 6.17. The van der Waals surface area contributed by atoms with Gasteiger partial charge in [-0.3, -0.25) is 4.79 Å². The van der Waals surface area contributed by atoms with Crippen LogP contribution < -0.4 is 5.32 Å². The third kappa shape index (κ3) is 7.92. The van der Waals surface area contributed by atoms with Crippen LogP contribution in [0.25, 0.3) is 0 Å². The number of amides is 1. The number of carbonyl (C=O) groups excluding carboxylic acids is 1. The molecule has 0 radical (unpaired) electrons. The van der Waals surface area contributed by atoms with Gasteiger partial charge >= 0.3 is 0 Å². The number of carbonyl (C=O) groups is 1. The van der Waals surface area contributed by atoms with Crippen LogP contribution in [0.1, 0.15) is 56.9 Å². The largest absolute Gasteiger partial charge is 0.386 e. The lowest BCUT2D eigenvalue weighted by molar-refractivity contribution is -0.120. The lowest BCUT2D eigenvalue weighted by Crippen LogP contribution is -2.39. The average Bonchev–Trinajstić information content (AvgIpc) is 2.60. The molecule has 0 unspecified atom stereocenters. The molecule has 3 nitrogen and oxygen atoms in total. The number of nitrogens with one attached hydrogen (secondary N) is 1. The highest BCUT2D eigenvalue weighted by Gasteiger charge is 2.20. The summed E-state index contributed by atoms with van der Waals surface area (Å²) in [6.45, 7) is 9.01. The molecule has 0 atom stereocenters. The van der Waals surface area contributed by atoms with Crippen molar-refractivity contribution in [1.29, 1.82) is 0 Å². The molecule has 2 N–H and O–H groups in total. The first-order valence-electron chi connectivity index (χ1n) is 8.81. The average molecular weight is 410 g/mol. The van der Waals surface area contributed by atoms with Crippen LogP contribution in [0.3, 0.4) is 0 Å². The quantitative estimate of drug-likeness (QED) is 0.644. The van der Waals surface area contributed by atoms with E-state index in [9.17, 15) is 9.90 Å². The number of rotatable bonds is 5. The van der Waals surface area contributed by atoms with Crippen LogP contribution in [-0.4, -0.2) is 11.0 Å². The standard InChI is InChI=1S/C12H16ClNO.C10H13ClO/c1-9(15)14-12(2,3)11-6-4-10(8-13)5-7-11;1-10(2,12)9-5-3-8(7-11)4-6-9/h4-7H,8H2,1-3H3,(H,14,15);3-6,12H,7H2,1-2H3. The summed E-state index contributed by atoms with van der Waals surface area (Å²) < 4.78 is 0. The van der Waals surface area contributed by atoms with Crippen molar-refractivity contribution in [3.63, 3.8) is 0 Å². The van der Waals surface area contributed by atoms with Crippen molar-refractivity contribution in [1.82, 2.24) is 5.32 Å². The Morgan fingerprint density at radius 1 is 0.852 bits per heavy atom. The highest BCUT2D eigenvalue weighted by atomic mass is 35.5. The van der Waals surface area contributed by atoms with Crippen LogP contribution in [0, 0.1) is 0 Å². The molecule has 148 valence electrons. The van der Waals surface area contributed by atoms with Gasteiger partial charge in [-0.05, 0) is 49.9 Å². The molecule has 0 saturated heterocycles. The third-order valence-corrected chi connectivity index (χ3v) is 4.75. The van der Waals surface area contributed by atoms with Crippen LogP contribution in [0.15, 0.2) is 48.5 Å². The van der Waals surface area contributed by atoms with Gasteiger partial charge in [0.25, 0.3) is 0 Å². The highest BCUT2D eigenvalue weighted by Crippen LogP contribution is 2.21. The first kappa shape index (κ1) is 23.5. The Kier molecular flexibility index (Phi) is 8.80. The molecule has 0 fully saturated rings. The molecule has 2 aromatic carbocycles. The number of hydrogen-bond acceptors (Lipinski definition) is 2. The fraction of sp³-hybridized carbons (Fsp3) is 0.409. The van der Waals surface area contributed by atoms with Gasteiger partial charge in [-0.1, -0.05) is 48.5 Å². The van der Waals surface area contributed by atoms with Crippen molar-refractivity contribution < 1.29 is 9.90 Å². The summed E-state index contributed by atoms with van der Waals surface area (Å²) >= 11 is 11.3. The van der Waals surface area contributed by atoms with Crippen LogP contribution in [0.2, 0.25) is 0 Å². The second-order valence-corrected chi connectivity index (χ2v) is 8.06. The predicted molar refractivity (Wildman–Crippen MR) is 114 cm³/mol. The molecule has 2 aromatic rings. The number of alkyl halides is 2. The van der Waals surface area contributed by atoms with Gasteiger partial charge in [0.15, 0.2) is 0 Å². The van der Waals surface area contributed by atoms with Crippen molar-refractivity contribution in [3.05, 3.63) is 70.8 Å². The van der Waals surface area contributed by atoms with E-state index in [2.05, 4.69) is 5.32 Å². The second-order valence-electron chi connectivity index (χ2n) is 7.53. The Balaban J connectivity index is 0.000000277. The van der Waals surface area contributed by atoms with Crippen LogP contribution in [0.4, 0.5) is 0 Å². The molecule has 1 amide bonds. The molecule has 0 aliphatic carbocycles. The smallest absolute Gasteiger partial charge is 0.217 e. The van der Waals surface area contributed by atoms with Gasteiger partial charge in [0.1, 0.15) is 0 Å². The maximum absolute atomic E-state index is 11.0. The molecule has 0 aliphatic rings. The SMILES string of the molecule is CC(=O)NC(C)(C)c1ccc(CCl)cc1.CC(C)(O)c1ccc(CCl)cc1. The van der Waals surface area contributed by atoms with E-state index in [0.29, 0.717) is 11.8 Å². The summed E-state index contributed by atoms with van der Waals surface area (Å²) in [6, 6.07) is 15.6. The maximum atomic E-state index is 11.0. The van der Waals surface area contributed by atoms with Crippen molar-refractivity contribution >= 4 is 29.1 Å². The van der Waals surface area contributed by atoms with Crippen LogP contribution in [-0.2, 0) is 27.7 Å². The first-order valence-corrected chi connectivity index (χ1v) is 9.88. The van der Waals surface area contributed by atoms with E-state index >= 15 is 0 Å². The fourth-order valence-electron chi connectivity index (χ4n) is 2.52. The van der Waals surface area contributed by atoms with Gasteiger partial charge < -0.3 is 10.4 Å². The number of hydrogen-bond donors (Lipinski definition) is 2. The molecule has 27 heavy (non-hydrogen) atoms. The summed E-state index contributed by atoms with van der Waals surface area (Å²) in [5.41, 5.74) is 3.05. The number of halogens is 2. The molecule has 2 rings (SSSR count). The monoisotopic (exact) mass is 409 g/mol. The van der Waals surface area contributed by atoms with E-state index in [0.717, 1.165) is 22.3 Å². The van der Waals surface area contributed by atoms with Crippen molar-refractivity contribution in [3.8, 4) is 0 Å². The molecular formula is C22H29Cl2NO2. The summed E-state index contributed by atoms with van der Waals surface area (Å²) in [6.07, 6.45) is 0. The molecule has 0 aromatic heterocycles. The zero-order valence-electron chi connectivity index (χ0n) is 16.6. The lowest BCUT2D eigenvalue weighted by Gasteiger charge is -2.26. The molecule has 0 heterocycles. The maximum Gasteiger partial charge on any atom is 0.217 e. The first-order chi connectivity index (χ1) is 12.5. The summed E-state index contributed by atoms with van der Waals surface area (Å²) in [7, 11) is 0. The van der Waals surface area contributed by atoms with E-state index in [4.69, 9.17) is 23.2 Å². The number of aliphatic hydroxyl groups is 1. The van der Waals surface area contributed by atoms with Gasteiger partial charge in [0, 0.05) is 18.7 Å². The van der Waals surface area contributed by atoms with E-state index in [1.165, 1.54) is 6.92 Å². The molecule has 5 heteroatoms. The zero-order chi connectivity index (χ0) is 20.7. The molecule has 0 saturated carbocycles. The van der Waals surface area contributed by atoms with Gasteiger partial charge in [-0.2, -0.15) is 0 Å². The Labute approximate surface area is 172 Å². The second kappa shape index (κ2) is 10.1. The van der Waals surface area contributed by atoms with Gasteiger partial charge in [0.2, 0.25) is 5.91 Å². The van der Waals surface area contributed by atoms with Gasteiger partial charge in [-0.15, -0.1) is 23.2 Å². The molecule has 0 aliphatic heterocycles. The van der Waals surface area contributed by atoms with Crippen LogP contribution in [0.5, 0.6) is 0 Å². The third-order valence-electron chi connectivity index (χ3n) is 4.13. The van der Waals surface area contributed by atoms with Crippen molar-refractivity contribution in [2.45, 2.75) is 57.5 Å². The summed E-state index contributed by atoms with van der Waals surface area (Å²) in [4.78, 5) is 11.0. The Hall–Kier alpha value is -1.55. The summed E-state index contributed by atoms with van der Waals surface area (Å²) in [5.74, 6) is 1.01. The normalized spacial score (nSPS) is 11.4. The van der Waals surface area contributed by atoms with E-state index in [-0.39, 0.29) is 11.4 Å². The topological polar surface area (TPSA) is 49.3 Å². The Morgan fingerprint density at radius 2 is 1.22 bits per heavy atom. The predicted octanol–water partition coefficient (Wildman–Crippen LogP) is 5.45. The fourth-order valence-corrected chi connectivity index (χ4v) is 2.88. The summed E-state index contributed by atoms with van der Waals surface area (Å²) in [5, 5.41) is 12.5. The van der Waals surface area contributed by atoms with Crippen molar-refractivity contribution in [2.24, 2.45) is 0 Å². The molecular weight excluding hydrogens is 381 g/mol. The Bertz CT molecular complexity index is 717. The minimum absolute atomic E-state index is 0.0265. The minimum atomic E-state index is -0.759. The lowest BCUT2D eigenvalue weighted by atomic mass is 9.93. The van der Waals surface area contributed by atoms with Crippen LogP contribution >= 0.6 is 23.2 Å². The van der Waals surface area contributed by atoms with E-state index in [1.54, 1.807) is 13.8 Å². The Morgan fingerprint density at radius 3 is 1.52 bits per heavy atom. The van der Waals surface area contributed by atoms with Gasteiger partial charge in [-0.25, -0.2) is 0 Å². The van der Waals surface area contributed by atoms with Gasteiger partial charge in [0.05, 0.1) is 11.1 Å². The minimum Gasteiger partial charge on any atom is -0.386 e. The van der Waals surface area contributed by atoms with Crippen molar-refractivity contribution in [2.75, 3.05) is 0 Å². The van der Waals surface area contributed by atoms with E-state index < -0.39 is 5.60 Å². The zero-order valence-corrected chi connectivity index (χ0v) is 18.2. The molecule has 0 bridgehead atoms. The van der Waals surface area contributed by atoms with E-state index in [1.807, 2.05) is 62.4 Å². The number of benzene rings is 2.